The predicted octanol–water partition coefficient (Wildman–Crippen LogP) is 1.18. The summed E-state index contributed by atoms with van der Waals surface area (Å²) < 4.78 is 2.79. The zero-order valence-corrected chi connectivity index (χ0v) is 14.9. The van der Waals surface area contributed by atoms with E-state index in [1.807, 2.05) is 6.07 Å². The Morgan fingerprint density at radius 2 is 1.93 bits per heavy atom. The summed E-state index contributed by atoms with van der Waals surface area (Å²) in [5.41, 5.74) is 6.45. The summed E-state index contributed by atoms with van der Waals surface area (Å²) in [6.45, 7) is -0.219. The first-order valence-electron chi connectivity index (χ1n) is 8.82. The van der Waals surface area contributed by atoms with E-state index in [9.17, 15) is 14.4 Å². The van der Waals surface area contributed by atoms with E-state index in [-0.39, 0.29) is 18.3 Å². The van der Waals surface area contributed by atoms with Crippen molar-refractivity contribution in [1.29, 1.82) is 0 Å². The first kappa shape index (κ1) is 17.7. The Morgan fingerprint density at radius 1 is 1.18 bits per heavy atom. The van der Waals surface area contributed by atoms with Gasteiger partial charge in [-0.05, 0) is 49.2 Å². The van der Waals surface area contributed by atoms with Crippen LogP contribution in [0.4, 0.5) is 5.69 Å². The van der Waals surface area contributed by atoms with Gasteiger partial charge in [0.05, 0.1) is 0 Å². The van der Waals surface area contributed by atoms with E-state index >= 15 is 0 Å². The second-order valence-corrected chi connectivity index (χ2v) is 6.60. The van der Waals surface area contributed by atoms with Crippen molar-refractivity contribution in [2.75, 3.05) is 5.32 Å². The number of primary amides is 1. The molecule has 3 N–H and O–H groups in total. The molecule has 0 atom stereocenters. The number of rotatable bonds is 6. The van der Waals surface area contributed by atoms with Crippen molar-refractivity contribution in [3.05, 3.63) is 64.8 Å². The van der Waals surface area contributed by atoms with Gasteiger partial charge in [0.25, 0.3) is 0 Å². The van der Waals surface area contributed by atoms with Crippen molar-refractivity contribution >= 4 is 17.5 Å². The van der Waals surface area contributed by atoms with Gasteiger partial charge in [0.2, 0.25) is 11.8 Å². The van der Waals surface area contributed by atoms with Gasteiger partial charge in [-0.25, -0.2) is 9.48 Å². The standard InChI is InChI=1S/C19H18N6O3/c20-17(27)12-3-5-14(6-4-12)22-16(26)11-24-19(28)25(15-7-8-15)18(23-24)13-2-1-9-21-10-13/h1-6,9-10,15H,7-8,11H2,(H2,20,27)(H,22,26). The molecule has 142 valence electrons. The number of carbonyl (C=O) groups excluding carboxylic acids is 2. The first-order chi connectivity index (χ1) is 13.5. The summed E-state index contributed by atoms with van der Waals surface area (Å²) in [5.74, 6) is -0.427. The first-order valence-corrected chi connectivity index (χ1v) is 8.82. The number of nitrogens with two attached hydrogens (primary N) is 1. The lowest BCUT2D eigenvalue weighted by atomic mass is 10.2. The quantitative estimate of drug-likeness (QED) is 0.666. The Morgan fingerprint density at radius 3 is 2.54 bits per heavy atom. The molecule has 0 radical (unpaired) electrons. The molecule has 2 aromatic heterocycles. The van der Waals surface area contributed by atoms with Crippen LogP contribution < -0.4 is 16.7 Å². The number of benzene rings is 1. The smallest absolute Gasteiger partial charge is 0.346 e. The zero-order valence-electron chi connectivity index (χ0n) is 14.9. The lowest BCUT2D eigenvalue weighted by Gasteiger charge is -2.05. The Labute approximate surface area is 159 Å². The van der Waals surface area contributed by atoms with Crippen LogP contribution in [0, 0.1) is 0 Å². The fraction of sp³-hybridized carbons (Fsp3) is 0.211. The Balaban J connectivity index is 1.55. The van der Waals surface area contributed by atoms with Gasteiger partial charge in [-0.2, -0.15) is 0 Å². The Hall–Kier alpha value is -3.75. The number of hydrogen-bond acceptors (Lipinski definition) is 5. The normalized spacial score (nSPS) is 13.3. The summed E-state index contributed by atoms with van der Waals surface area (Å²) in [6.07, 6.45) is 5.12. The number of amides is 2. The lowest BCUT2D eigenvalue weighted by Crippen LogP contribution is -2.30. The highest BCUT2D eigenvalue weighted by Gasteiger charge is 2.30. The van der Waals surface area contributed by atoms with Crippen molar-refractivity contribution in [3.8, 4) is 11.4 Å². The maximum absolute atomic E-state index is 12.8. The highest BCUT2D eigenvalue weighted by Crippen LogP contribution is 2.36. The molecular formula is C19H18N6O3. The van der Waals surface area contributed by atoms with Crippen LogP contribution in [0.5, 0.6) is 0 Å². The van der Waals surface area contributed by atoms with E-state index in [0.29, 0.717) is 17.1 Å². The largest absolute Gasteiger partial charge is 0.366 e. The molecule has 2 heterocycles. The van der Waals surface area contributed by atoms with Crippen molar-refractivity contribution in [2.24, 2.45) is 5.73 Å². The minimum atomic E-state index is -0.544. The molecular weight excluding hydrogens is 360 g/mol. The van der Waals surface area contributed by atoms with Crippen LogP contribution in [-0.2, 0) is 11.3 Å². The second kappa shape index (κ2) is 7.10. The number of hydrogen-bond donors (Lipinski definition) is 2. The molecule has 1 aliphatic carbocycles. The van der Waals surface area contributed by atoms with Crippen LogP contribution in [0.15, 0.2) is 53.6 Å². The van der Waals surface area contributed by atoms with Gasteiger partial charge in [0.15, 0.2) is 5.82 Å². The third-order valence-electron chi connectivity index (χ3n) is 4.45. The summed E-state index contributed by atoms with van der Waals surface area (Å²) in [4.78, 5) is 40.3. The average Bonchev–Trinajstić information content (AvgIpc) is 3.47. The molecule has 1 aromatic carbocycles. The number of carbonyl (C=O) groups is 2. The third-order valence-corrected chi connectivity index (χ3v) is 4.45. The van der Waals surface area contributed by atoms with E-state index < -0.39 is 11.8 Å². The van der Waals surface area contributed by atoms with E-state index in [1.54, 1.807) is 35.2 Å². The van der Waals surface area contributed by atoms with Crippen LogP contribution in [0.3, 0.4) is 0 Å². The average molecular weight is 378 g/mol. The van der Waals surface area contributed by atoms with E-state index in [0.717, 1.165) is 23.1 Å². The van der Waals surface area contributed by atoms with Crippen LogP contribution in [0.1, 0.15) is 29.2 Å². The Kier molecular flexibility index (Phi) is 4.48. The molecule has 2 amide bonds. The monoisotopic (exact) mass is 378 g/mol. The molecule has 0 spiro atoms. The van der Waals surface area contributed by atoms with E-state index in [1.165, 1.54) is 12.1 Å². The highest BCUT2D eigenvalue weighted by molar-refractivity contribution is 5.94. The van der Waals surface area contributed by atoms with Gasteiger partial charge in [0.1, 0.15) is 6.54 Å². The summed E-state index contributed by atoms with van der Waals surface area (Å²) in [6, 6.07) is 9.91. The van der Waals surface area contributed by atoms with Gasteiger partial charge in [-0.3, -0.25) is 19.1 Å². The summed E-state index contributed by atoms with van der Waals surface area (Å²) >= 11 is 0. The van der Waals surface area contributed by atoms with Gasteiger partial charge >= 0.3 is 5.69 Å². The molecule has 4 rings (SSSR count). The summed E-state index contributed by atoms with van der Waals surface area (Å²) in [7, 11) is 0. The Bertz CT molecular complexity index is 1080. The minimum absolute atomic E-state index is 0.112. The molecule has 9 nitrogen and oxygen atoms in total. The molecule has 1 fully saturated rings. The number of nitrogens with one attached hydrogen (secondary N) is 1. The van der Waals surface area contributed by atoms with Gasteiger partial charge < -0.3 is 11.1 Å². The van der Waals surface area contributed by atoms with Crippen LogP contribution >= 0.6 is 0 Å². The zero-order chi connectivity index (χ0) is 19.7. The van der Waals surface area contributed by atoms with Crippen LogP contribution in [-0.4, -0.2) is 31.1 Å². The molecule has 9 heteroatoms. The van der Waals surface area contributed by atoms with Crippen LogP contribution in [0.2, 0.25) is 0 Å². The number of aromatic nitrogens is 4. The molecule has 0 unspecified atom stereocenters. The number of pyridine rings is 1. The molecule has 3 aromatic rings. The van der Waals surface area contributed by atoms with E-state index in [2.05, 4.69) is 15.4 Å². The maximum atomic E-state index is 12.8. The van der Waals surface area contributed by atoms with Crippen molar-refractivity contribution < 1.29 is 9.59 Å². The molecule has 1 saturated carbocycles. The second-order valence-electron chi connectivity index (χ2n) is 6.60. The summed E-state index contributed by atoms with van der Waals surface area (Å²) in [5, 5.41) is 7.05. The molecule has 0 saturated heterocycles. The SMILES string of the molecule is NC(=O)c1ccc(NC(=O)Cn2nc(-c3cccnc3)n(C3CC3)c2=O)cc1. The number of nitrogens with zero attached hydrogens (tertiary/aromatic N) is 4. The van der Waals surface area contributed by atoms with Crippen molar-refractivity contribution in [3.63, 3.8) is 0 Å². The molecule has 28 heavy (non-hydrogen) atoms. The fourth-order valence-electron chi connectivity index (χ4n) is 2.93. The predicted molar refractivity (Wildman–Crippen MR) is 102 cm³/mol. The van der Waals surface area contributed by atoms with Gasteiger partial charge in [-0.15, -0.1) is 5.10 Å². The van der Waals surface area contributed by atoms with Gasteiger partial charge in [0, 0.05) is 35.2 Å². The molecule has 0 aliphatic heterocycles. The lowest BCUT2D eigenvalue weighted by molar-refractivity contribution is -0.117. The highest BCUT2D eigenvalue weighted by atomic mass is 16.2. The maximum Gasteiger partial charge on any atom is 0.346 e. The van der Waals surface area contributed by atoms with Gasteiger partial charge in [-0.1, -0.05) is 0 Å². The minimum Gasteiger partial charge on any atom is -0.366 e. The number of anilines is 1. The fourth-order valence-corrected chi connectivity index (χ4v) is 2.93. The topological polar surface area (TPSA) is 125 Å². The van der Waals surface area contributed by atoms with Crippen molar-refractivity contribution in [2.45, 2.75) is 25.4 Å². The molecule has 1 aliphatic rings. The van der Waals surface area contributed by atoms with Crippen LogP contribution in [0.25, 0.3) is 11.4 Å². The third kappa shape index (κ3) is 3.54. The van der Waals surface area contributed by atoms with Crippen molar-refractivity contribution in [1.82, 2.24) is 19.3 Å². The molecule has 0 bridgehead atoms. The van der Waals surface area contributed by atoms with E-state index in [4.69, 9.17) is 5.73 Å².